The van der Waals surface area contributed by atoms with Crippen molar-refractivity contribution in [2.24, 2.45) is 11.3 Å². The molecule has 0 atom stereocenters. The maximum Gasteiger partial charge on any atom is 0.0589 e. The molecular weight excluding hydrogens is 260 g/mol. The number of nitrogens with one attached hydrogen (secondary N) is 1. The molecule has 126 valence electrons. The summed E-state index contributed by atoms with van der Waals surface area (Å²) in [5.74, 6) is 0.723. The van der Waals surface area contributed by atoms with Crippen molar-refractivity contribution < 1.29 is 4.74 Å². The van der Waals surface area contributed by atoms with E-state index in [1.807, 2.05) is 7.11 Å². The molecule has 1 aliphatic rings. The summed E-state index contributed by atoms with van der Waals surface area (Å²) < 4.78 is 5.32. The van der Waals surface area contributed by atoms with Crippen LogP contribution >= 0.6 is 0 Å². The zero-order valence-corrected chi connectivity index (χ0v) is 15.1. The van der Waals surface area contributed by atoms with Crippen molar-refractivity contribution in [3.8, 4) is 0 Å². The summed E-state index contributed by atoms with van der Waals surface area (Å²) in [6, 6.07) is 0.585. The molecule has 0 aromatic carbocycles. The normalized spacial score (nSPS) is 18.9. The molecule has 1 rings (SSSR count). The van der Waals surface area contributed by atoms with Crippen LogP contribution in [0.2, 0.25) is 0 Å². The Bertz CT molecular complexity index is 260. The summed E-state index contributed by atoms with van der Waals surface area (Å²) in [6.07, 6.45) is 6.99. The number of hydrogen-bond acceptors (Lipinski definition) is 3. The van der Waals surface area contributed by atoms with Gasteiger partial charge in [0.05, 0.1) is 6.61 Å². The molecule has 0 heterocycles. The highest BCUT2D eigenvalue weighted by Crippen LogP contribution is 2.36. The molecule has 0 amide bonds. The van der Waals surface area contributed by atoms with Crippen LogP contribution < -0.4 is 5.32 Å². The predicted octanol–water partition coefficient (Wildman–Crippen LogP) is 3.54. The molecule has 0 radical (unpaired) electrons. The highest BCUT2D eigenvalue weighted by atomic mass is 16.5. The molecule has 0 spiro atoms. The fraction of sp³-hybridized carbons (Fsp3) is 1.00. The van der Waals surface area contributed by atoms with Gasteiger partial charge in [-0.15, -0.1) is 0 Å². The van der Waals surface area contributed by atoms with Gasteiger partial charge < -0.3 is 15.0 Å². The summed E-state index contributed by atoms with van der Waals surface area (Å²) in [7, 11) is 1.81. The van der Waals surface area contributed by atoms with Crippen molar-refractivity contribution in [3.05, 3.63) is 0 Å². The molecule has 0 bridgehead atoms. The van der Waals surface area contributed by atoms with Gasteiger partial charge in [0.1, 0.15) is 0 Å². The highest BCUT2D eigenvalue weighted by molar-refractivity contribution is 4.88. The van der Waals surface area contributed by atoms with E-state index in [1.54, 1.807) is 0 Å². The van der Waals surface area contributed by atoms with E-state index in [4.69, 9.17) is 4.74 Å². The fourth-order valence-corrected chi connectivity index (χ4v) is 3.56. The minimum absolute atomic E-state index is 0.477. The minimum atomic E-state index is 0.477. The van der Waals surface area contributed by atoms with Gasteiger partial charge in [0.2, 0.25) is 0 Å². The van der Waals surface area contributed by atoms with Crippen molar-refractivity contribution in [1.29, 1.82) is 0 Å². The second-order valence-corrected chi connectivity index (χ2v) is 7.72. The first kappa shape index (κ1) is 18.9. The monoisotopic (exact) mass is 298 g/mol. The van der Waals surface area contributed by atoms with Crippen molar-refractivity contribution in [2.45, 2.75) is 65.8 Å². The van der Waals surface area contributed by atoms with Gasteiger partial charge >= 0.3 is 0 Å². The van der Waals surface area contributed by atoms with E-state index in [1.165, 1.54) is 51.7 Å². The van der Waals surface area contributed by atoms with Gasteiger partial charge in [-0.3, -0.25) is 0 Å². The van der Waals surface area contributed by atoms with Gasteiger partial charge in [-0.1, -0.05) is 47.0 Å². The van der Waals surface area contributed by atoms with Crippen molar-refractivity contribution >= 4 is 0 Å². The molecule has 3 nitrogen and oxygen atoms in total. The second-order valence-electron chi connectivity index (χ2n) is 7.72. The van der Waals surface area contributed by atoms with Gasteiger partial charge in [0.15, 0.2) is 0 Å². The lowest BCUT2D eigenvalue weighted by molar-refractivity contribution is 0.0708. The molecular formula is C18H38N2O. The lowest BCUT2D eigenvalue weighted by atomic mass is 9.73. The second kappa shape index (κ2) is 9.81. The van der Waals surface area contributed by atoms with Crippen LogP contribution in [-0.4, -0.2) is 50.8 Å². The zero-order valence-electron chi connectivity index (χ0n) is 15.1. The molecule has 0 aliphatic heterocycles. The largest absolute Gasteiger partial charge is 0.383 e. The van der Waals surface area contributed by atoms with E-state index in [0.717, 1.165) is 19.1 Å². The van der Waals surface area contributed by atoms with Crippen LogP contribution in [0, 0.1) is 11.3 Å². The summed E-state index contributed by atoms with van der Waals surface area (Å²) in [4.78, 5) is 2.64. The summed E-state index contributed by atoms with van der Waals surface area (Å²) in [5, 5.41) is 3.71. The predicted molar refractivity (Wildman–Crippen MR) is 91.8 cm³/mol. The molecule has 1 N–H and O–H groups in total. The van der Waals surface area contributed by atoms with Crippen molar-refractivity contribution in [2.75, 3.05) is 39.9 Å². The third-order valence-electron chi connectivity index (χ3n) is 4.59. The quantitative estimate of drug-likeness (QED) is 0.667. The standard InChI is InChI=1S/C18H38N2O/c1-16(2)13-20(11-12-21-5)15-18(14-19-17(3)4)9-7-6-8-10-18/h16-17,19H,6-15H2,1-5H3. The Hall–Kier alpha value is -0.120. The van der Waals surface area contributed by atoms with Crippen LogP contribution in [0.5, 0.6) is 0 Å². The number of nitrogens with zero attached hydrogens (tertiary/aromatic N) is 1. The zero-order chi connectivity index (χ0) is 15.7. The van der Waals surface area contributed by atoms with E-state index in [9.17, 15) is 0 Å². The summed E-state index contributed by atoms with van der Waals surface area (Å²) in [6.45, 7) is 14.7. The SMILES string of the molecule is COCCN(CC(C)C)CC1(CNC(C)C)CCCCC1. The van der Waals surface area contributed by atoms with Gasteiger partial charge in [0, 0.05) is 39.3 Å². The summed E-state index contributed by atoms with van der Waals surface area (Å²) >= 11 is 0. The smallest absolute Gasteiger partial charge is 0.0589 e. The van der Waals surface area contributed by atoms with Gasteiger partial charge in [-0.2, -0.15) is 0 Å². The Morgan fingerprint density at radius 2 is 1.76 bits per heavy atom. The average Bonchev–Trinajstić information content (AvgIpc) is 2.43. The summed E-state index contributed by atoms with van der Waals surface area (Å²) in [5.41, 5.74) is 0.477. The number of ether oxygens (including phenoxy) is 1. The first-order valence-corrected chi connectivity index (χ1v) is 8.92. The van der Waals surface area contributed by atoms with Crippen molar-refractivity contribution in [3.63, 3.8) is 0 Å². The minimum Gasteiger partial charge on any atom is -0.383 e. The molecule has 1 fully saturated rings. The average molecular weight is 299 g/mol. The third kappa shape index (κ3) is 7.62. The lowest BCUT2D eigenvalue weighted by Gasteiger charge is -2.42. The van der Waals surface area contributed by atoms with Gasteiger partial charge in [-0.05, 0) is 24.2 Å². The van der Waals surface area contributed by atoms with Gasteiger partial charge in [0.25, 0.3) is 0 Å². The first-order chi connectivity index (χ1) is 9.97. The van der Waals surface area contributed by atoms with E-state index in [-0.39, 0.29) is 0 Å². The molecule has 21 heavy (non-hydrogen) atoms. The van der Waals surface area contributed by atoms with E-state index in [0.29, 0.717) is 11.5 Å². The Morgan fingerprint density at radius 3 is 2.29 bits per heavy atom. The van der Waals surface area contributed by atoms with Crippen LogP contribution in [0.1, 0.15) is 59.8 Å². The topological polar surface area (TPSA) is 24.5 Å². The van der Waals surface area contributed by atoms with Crippen LogP contribution in [0.25, 0.3) is 0 Å². The third-order valence-corrected chi connectivity index (χ3v) is 4.59. The molecule has 0 aromatic rings. The molecule has 0 unspecified atom stereocenters. The van der Waals surface area contributed by atoms with Crippen LogP contribution in [0.3, 0.4) is 0 Å². The number of methoxy groups -OCH3 is 1. The van der Waals surface area contributed by atoms with Crippen LogP contribution in [0.4, 0.5) is 0 Å². The van der Waals surface area contributed by atoms with E-state index in [2.05, 4.69) is 37.9 Å². The molecule has 3 heteroatoms. The maximum absolute atomic E-state index is 5.32. The van der Waals surface area contributed by atoms with Crippen LogP contribution in [0.15, 0.2) is 0 Å². The first-order valence-electron chi connectivity index (χ1n) is 8.92. The van der Waals surface area contributed by atoms with E-state index >= 15 is 0 Å². The number of rotatable bonds is 10. The Kier molecular flexibility index (Phi) is 8.84. The van der Waals surface area contributed by atoms with Crippen LogP contribution in [-0.2, 0) is 4.74 Å². The molecule has 0 aromatic heterocycles. The molecule has 0 saturated heterocycles. The van der Waals surface area contributed by atoms with Gasteiger partial charge in [-0.25, -0.2) is 0 Å². The van der Waals surface area contributed by atoms with E-state index < -0.39 is 0 Å². The Labute approximate surface area is 132 Å². The maximum atomic E-state index is 5.32. The molecule has 1 aliphatic carbocycles. The Morgan fingerprint density at radius 1 is 1.10 bits per heavy atom. The molecule has 1 saturated carbocycles. The number of hydrogen-bond donors (Lipinski definition) is 1. The van der Waals surface area contributed by atoms with Crippen molar-refractivity contribution in [1.82, 2.24) is 10.2 Å². The lowest BCUT2D eigenvalue weighted by Crippen LogP contribution is -2.48. The Balaban J connectivity index is 2.65. The highest BCUT2D eigenvalue weighted by Gasteiger charge is 2.33. The fourth-order valence-electron chi connectivity index (χ4n) is 3.56.